The first-order valence-electron chi connectivity index (χ1n) is 10.4. The van der Waals surface area contributed by atoms with Gasteiger partial charge in [0.2, 0.25) is 0 Å². The minimum atomic E-state index is 0.309. The molecule has 1 aliphatic heterocycles. The Kier molecular flexibility index (Phi) is 8.09. The number of morpholine rings is 1. The zero-order chi connectivity index (χ0) is 20.6. The largest absolute Gasteiger partial charge is 0.379 e. The monoisotopic (exact) mass is 419 g/mol. The summed E-state index contributed by atoms with van der Waals surface area (Å²) in [7, 11) is 1.81. The van der Waals surface area contributed by atoms with Crippen LogP contribution >= 0.6 is 11.3 Å². The molecule has 7 nitrogen and oxygen atoms in total. The van der Waals surface area contributed by atoms with E-state index >= 15 is 0 Å². The van der Waals surface area contributed by atoms with Gasteiger partial charge in [0.1, 0.15) is 5.76 Å². The first-order valence-corrected chi connectivity index (χ1v) is 11.3. The van der Waals surface area contributed by atoms with Crippen LogP contribution in [-0.2, 0) is 24.1 Å². The average molecular weight is 420 g/mol. The molecule has 0 radical (unpaired) electrons. The highest BCUT2D eigenvalue weighted by Gasteiger charge is 2.24. The van der Waals surface area contributed by atoms with Gasteiger partial charge in [-0.15, -0.1) is 11.3 Å². The second-order valence-electron chi connectivity index (χ2n) is 7.16. The van der Waals surface area contributed by atoms with Crippen LogP contribution in [0.15, 0.2) is 21.6 Å². The first kappa shape index (κ1) is 21.8. The van der Waals surface area contributed by atoms with E-state index in [0.29, 0.717) is 12.6 Å². The number of rotatable bonds is 8. The van der Waals surface area contributed by atoms with Crippen LogP contribution in [-0.4, -0.2) is 55.9 Å². The number of thiophene rings is 1. The van der Waals surface area contributed by atoms with Crippen molar-refractivity contribution in [1.82, 2.24) is 20.7 Å². The minimum absolute atomic E-state index is 0.309. The topological polar surface area (TPSA) is 74.9 Å². The maximum atomic E-state index is 5.55. The van der Waals surface area contributed by atoms with Gasteiger partial charge < -0.3 is 19.9 Å². The van der Waals surface area contributed by atoms with Crippen molar-refractivity contribution in [2.75, 3.05) is 39.9 Å². The maximum absolute atomic E-state index is 5.55. The predicted molar refractivity (Wildman–Crippen MR) is 118 cm³/mol. The zero-order valence-electron chi connectivity index (χ0n) is 18.0. The van der Waals surface area contributed by atoms with Gasteiger partial charge in [0.15, 0.2) is 5.96 Å². The van der Waals surface area contributed by atoms with Gasteiger partial charge in [-0.05, 0) is 25.5 Å². The summed E-state index contributed by atoms with van der Waals surface area (Å²) in [5, 5.41) is 11.2. The summed E-state index contributed by atoms with van der Waals surface area (Å²) >= 11 is 1.87. The van der Waals surface area contributed by atoms with E-state index < -0.39 is 0 Å². The Morgan fingerprint density at radius 2 is 2.03 bits per heavy atom. The lowest BCUT2D eigenvalue weighted by Crippen LogP contribution is -2.46. The van der Waals surface area contributed by atoms with Crippen LogP contribution in [0.5, 0.6) is 0 Å². The Labute approximate surface area is 177 Å². The molecule has 1 atom stereocenters. The summed E-state index contributed by atoms with van der Waals surface area (Å²) in [4.78, 5) is 9.64. The highest BCUT2D eigenvalue weighted by atomic mass is 32.1. The van der Waals surface area contributed by atoms with E-state index in [2.05, 4.69) is 58.6 Å². The van der Waals surface area contributed by atoms with Gasteiger partial charge in [0, 0.05) is 55.0 Å². The lowest BCUT2D eigenvalue weighted by Gasteiger charge is -2.34. The number of aliphatic imine (C=N–C) groups is 1. The van der Waals surface area contributed by atoms with E-state index in [-0.39, 0.29) is 0 Å². The summed E-state index contributed by atoms with van der Waals surface area (Å²) in [5.41, 5.74) is 2.17. The molecular weight excluding hydrogens is 386 g/mol. The maximum Gasteiger partial charge on any atom is 0.191 e. The Bertz CT molecular complexity index is 773. The quantitative estimate of drug-likeness (QED) is 0.506. The Morgan fingerprint density at radius 1 is 1.24 bits per heavy atom. The van der Waals surface area contributed by atoms with E-state index in [1.54, 1.807) is 0 Å². The van der Waals surface area contributed by atoms with Crippen LogP contribution in [0.4, 0.5) is 0 Å². The second-order valence-corrected chi connectivity index (χ2v) is 8.48. The molecule has 160 valence electrons. The van der Waals surface area contributed by atoms with Crippen molar-refractivity contribution in [1.29, 1.82) is 0 Å². The standard InChI is InChI=1S/C21H33N5O2S/c1-5-17-16(19(6-2)28-25-17)13-23-21(22-4)24-14-18(20-8-7-15(3)29-20)26-9-11-27-12-10-26/h7-8,18H,5-6,9-14H2,1-4H3,(H2,22,23,24). The lowest BCUT2D eigenvalue weighted by atomic mass is 10.1. The fourth-order valence-corrected chi connectivity index (χ4v) is 4.67. The third kappa shape index (κ3) is 5.58. The highest BCUT2D eigenvalue weighted by Crippen LogP contribution is 2.27. The molecule has 3 rings (SSSR count). The minimum Gasteiger partial charge on any atom is -0.379 e. The van der Waals surface area contributed by atoms with Gasteiger partial charge in [-0.1, -0.05) is 19.0 Å². The van der Waals surface area contributed by atoms with Crippen LogP contribution in [0.1, 0.15) is 46.7 Å². The van der Waals surface area contributed by atoms with Gasteiger partial charge in [0.05, 0.1) is 24.9 Å². The van der Waals surface area contributed by atoms with Gasteiger partial charge in [-0.2, -0.15) is 0 Å². The van der Waals surface area contributed by atoms with Crippen molar-refractivity contribution >= 4 is 17.3 Å². The van der Waals surface area contributed by atoms with Crippen LogP contribution in [0.2, 0.25) is 0 Å². The molecule has 0 aliphatic carbocycles. The van der Waals surface area contributed by atoms with Crippen molar-refractivity contribution in [3.05, 3.63) is 38.9 Å². The molecular formula is C21H33N5O2S. The molecule has 0 saturated carbocycles. The first-order chi connectivity index (χ1) is 14.2. The molecule has 1 aliphatic rings. The molecule has 3 heterocycles. The van der Waals surface area contributed by atoms with Crippen molar-refractivity contribution < 1.29 is 9.26 Å². The van der Waals surface area contributed by atoms with Crippen LogP contribution in [0, 0.1) is 6.92 Å². The second kappa shape index (κ2) is 10.8. The number of hydrogen-bond donors (Lipinski definition) is 2. The summed E-state index contributed by atoms with van der Waals surface area (Å²) in [6.07, 6.45) is 1.70. The fraction of sp³-hybridized carbons (Fsp3) is 0.619. The number of nitrogens with one attached hydrogen (secondary N) is 2. The SMILES string of the molecule is CCc1noc(CC)c1CNC(=NC)NCC(c1ccc(C)s1)N1CCOCC1. The summed E-state index contributed by atoms with van der Waals surface area (Å²) in [5.74, 6) is 1.74. The van der Waals surface area contributed by atoms with E-state index in [1.165, 1.54) is 9.75 Å². The zero-order valence-corrected chi connectivity index (χ0v) is 18.8. The van der Waals surface area contributed by atoms with Gasteiger partial charge >= 0.3 is 0 Å². The third-order valence-electron chi connectivity index (χ3n) is 5.30. The smallest absolute Gasteiger partial charge is 0.191 e. The van der Waals surface area contributed by atoms with Crippen LogP contribution in [0.25, 0.3) is 0 Å². The molecule has 1 unspecified atom stereocenters. The number of aryl methyl sites for hydroxylation is 3. The highest BCUT2D eigenvalue weighted by molar-refractivity contribution is 7.12. The molecule has 0 spiro atoms. The Morgan fingerprint density at radius 3 is 2.66 bits per heavy atom. The number of ether oxygens (including phenoxy) is 1. The molecule has 2 N–H and O–H groups in total. The summed E-state index contributed by atoms with van der Waals surface area (Å²) in [6.45, 7) is 11.3. The molecule has 0 aromatic carbocycles. The van der Waals surface area contributed by atoms with E-state index in [0.717, 1.165) is 68.7 Å². The van der Waals surface area contributed by atoms with Crippen molar-refractivity contribution in [2.24, 2.45) is 4.99 Å². The van der Waals surface area contributed by atoms with Gasteiger partial charge in [-0.25, -0.2) is 0 Å². The number of aromatic nitrogens is 1. The predicted octanol–water partition coefficient (Wildman–Crippen LogP) is 2.91. The van der Waals surface area contributed by atoms with Crippen molar-refractivity contribution in [3.8, 4) is 0 Å². The number of nitrogens with zero attached hydrogens (tertiary/aromatic N) is 3. The third-order valence-corrected chi connectivity index (χ3v) is 6.40. The molecule has 0 bridgehead atoms. The molecule has 8 heteroatoms. The van der Waals surface area contributed by atoms with Crippen LogP contribution in [0.3, 0.4) is 0 Å². The fourth-order valence-electron chi connectivity index (χ4n) is 3.66. The van der Waals surface area contributed by atoms with Gasteiger partial charge in [0.25, 0.3) is 0 Å². The average Bonchev–Trinajstić information content (AvgIpc) is 3.36. The van der Waals surface area contributed by atoms with Crippen molar-refractivity contribution in [3.63, 3.8) is 0 Å². The Hall–Kier alpha value is -1.90. The normalized spacial score (nSPS) is 16.8. The molecule has 2 aromatic rings. The van der Waals surface area contributed by atoms with Crippen LogP contribution < -0.4 is 10.6 Å². The van der Waals surface area contributed by atoms with E-state index in [4.69, 9.17) is 9.26 Å². The molecule has 2 aromatic heterocycles. The summed E-state index contributed by atoms with van der Waals surface area (Å²) < 4.78 is 11.0. The Balaban J connectivity index is 1.63. The van der Waals surface area contributed by atoms with E-state index in [9.17, 15) is 0 Å². The number of hydrogen-bond acceptors (Lipinski definition) is 6. The van der Waals surface area contributed by atoms with Crippen molar-refractivity contribution in [2.45, 2.75) is 46.2 Å². The number of guanidine groups is 1. The lowest BCUT2D eigenvalue weighted by molar-refractivity contribution is 0.0177. The van der Waals surface area contributed by atoms with E-state index in [1.807, 2.05) is 18.4 Å². The molecule has 1 saturated heterocycles. The molecule has 0 amide bonds. The van der Waals surface area contributed by atoms with Gasteiger partial charge in [-0.3, -0.25) is 9.89 Å². The summed E-state index contributed by atoms with van der Waals surface area (Å²) in [6, 6.07) is 4.75. The molecule has 29 heavy (non-hydrogen) atoms. The molecule has 1 fully saturated rings.